The molecule has 0 saturated carbocycles. The lowest BCUT2D eigenvalue weighted by Crippen LogP contribution is -2.32. The van der Waals surface area contributed by atoms with E-state index in [2.05, 4.69) is 25.1 Å². The third kappa shape index (κ3) is 5.79. The van der Waals surface area contributed by atoms with E-state index in [9.17, 15) is 8.42 Å². The first-order chi connectivity index (χ1) is 18.2. The lowest BCUT2D eigenvalue weighted by Gasteiger charge is -2.25. The van der Waals surface area contributed by atoms with Crippen LogP contribution in [0.25, 0.3) is 11.4 Å². The van der Waals surface area contributed by atoms with Crippen LogP contribution in [0.15, 0.2) is 24.7 Å². The number of rotatable bonds is 11. The Morgan fingerprint density at radius 1 is 1.16 bits per heavy atom. The Bertz CT molecular complexity index is 1340. The van der Waals surface area contributed by atoms with Gasteiger partial charge in [0.1, 0.15) is 24.3 Å². The molecule has 4 rings (SSSR count). The molecule has 1 aliphatic rings. The third-order valence-corrected chi connectivity index (χ3v) is 8.14. The average Bonchev–Trinajstić information content (AvgIpc) is 3.20. The monoisotopic (exact) mass is 546 g/mol. The van der Waals surface area contributed by atoms with Crippen molar-refractivity contribution < 1.29 is 27.4 Å². The molecule has 3 aromatic heterocycles. The van der Waals surface area contributed by atoms with Gasteiger partial charge in [0.15, 0.2) is 27.2 Å². The molecule has 0 fully saturated rings. The molecule has 3 atom stereocenters. The first-order valence-electron chi connectivity index (χ1n) is 12.5. The summed E-state index contributed by atoms with van der Waals surface area (Å²) in [5.41, 5.74) is 1.48. The molecule has 38 heavy (non-hydrogen) atoms. The minimum Gasteiger partial charge on any atom is -0.485 e. The predicted octanol–water partition coefficient (Wildman–Crippen LogP) is 2.89. The van der Waals surface area contributed by atoms with Gasteiger partial charge in [0.05, 0.1) is 36.2 Å². The molecule has 0 radical (unpaired) electrons. The predicted molar refractivity (Wildman–Crippen MR) is 139 cm³/mol. The summed E-state index contributed by atoms with van der Waals surface area (Å²) < 4.78 is 52.5. The maximum Gasteiger partial charge on any atom is 0.257 e. The number of pyridine rings is 1. The van der Waals surface area contributed by atoms with Crippen molar-refractivity contribution in [2.24, 2.45) is 0 Å². The summed E-state index contributed by atoms with van der Waals surface area (Å²) in [6.07, 6.45) is 3.80. The molecule has 3 aromatic rings. The summed E-state index contributed by atoms with van der Waals surface area (Å²) in [4.78, 5) is 13.0. The first-order valence-corrected chi connectivity index (χ1v) is 14.2. The minimum absolute atomic E-state index is 0.191. The van der Waals surface area contributed by atoms with E-state index < -0.39 is 21.2 Å². The van der Waals surface area contributed by atoms with Gasteiger partial charge in [-0.25, -0.2) is 23.4 Å². The van der Waals surface area contributed by atoms with Crippen molar-refractivity contribution in [3.8, 4) is 23.0 Å². The zero-order valence-corrected chi connectivity index (χ0v) is 23.3. The second-order valence-electron chi connectivity index (χ2n) is 9.39. The van der Waals surface area contributed by atoms with Gasteiger partial charge < -0.3 is 23.5 Å². The summed E-state index contributed by atoms with van der Waals surface area (Å²) in [6.45, 7) is 9.88. The van der Waals surface area contributed by atoms with Crippen LogP contribution in [0.3, 0.4) is 0 Å². The fourth-order valence-corrected chi connectivity index (χ4v) is 5.65. The third-order valence-electron chi connectivity index (χ3n) is 6.10. The van der Waals surface area contributed by atoms with Crippen LogP contribution in [0.4, 0.5) is 0 Å². The van der Waals surface area contributed by atoms with E-state index in [4.69, 9.17) is 18.9 Å². The van der Waals surface area contributed by atoms with Gasteiger partial charge in [0.25, 0.3) is 5.88 Å². The minimum atomic E-state index is -3.81. The van der Waals surface area contributed by atoms with Crippen LogP contribution in [0.1, 0.15) is 57.1 Å². The van der Waals surface area contributed by atoms with Crippen molar-refractivity contribution >= 4 is 9.84 Å². The van der Waals surface area contributed by atoms with Gasteiger partial charge in [-0.05, 0) is 46.2 Å². The molecule has 0 spiro atoms. The normalized spacial score (nSPS) is 16.8. The largest absolute Gasteiger partial charge is 0.485 e. The van der Waals surface area contributed by atoms with Crippen molar-refractivity contribution in [1.82, 2.24) is 29.7 Å². The highest BCUT2D eigenvalue weighted by atomic mass is 32.2. The SMILES string of the molecule is CCOc1nccc2c1OC[C@H](COC)n1c(CS(=O)(=O)[C@@H](C)[C@@H](OC(C)C)c3ncc(C)cn3)nnc1-2. The standard InChI is InChI=1S/C25H34N6O6S/c1-7-35-25-22-19(8-9-26-25)24-30-29-20(31(24)18(12-34-6)13-36-22)14-38(32,33)17(5)21(37-15(2)3)23-27-10-16(4)11-28-23/h8-11,15,17-18,21H,7,12-14H2,1-6H3/t17-,18-,21+/m0/s1. The van der Waals surface area contributed by atoms with E-state index in [1.54, 1.807) is 43.3 Å². The Labute approximate surface area is 222 Å². The fraction of sp³-hybridized carbons (Fsp3) is 0.560. The lowest BCUT2D eigenvalue weighted by atomic mass is 10.2. The van der Waals surface area contributed by atoms with Crippen molar-refractivity contribution in [2.75, 3.05) is 26.9 Å². The molecular weight excluding hydrogens is 512 g/mol. The van der Waals surface area contributed by atoms with E-state index in [1.165, 1.54) is 0 Å². The second kappa shape index (κ2) is 11.7. The zero-order valence-electron chi connectivity index (χ0n) is 22.5. The molecular formula is C25H34N6O6S. The van der Waals surface area contributed by atoms with Crippen LogP contribution in [0.2, 0.25) is 0 Å². The van der Waals surface area contributed by atoms with Gasteiger partial charge in [-0.15, -0.1) is 10.2 Å². The summed E-state index contributed by atoms with van der Waals surface area (Å²) in [7, 11) is -2.24. The number of aromatic nitrogens is 6. The summed E-state index contributed by atoms with van der Waals surface area (Å²) in [5, 5.41) is 7.72. The van der Waals surface area contributed by atoms with Crippen LogP contribution >= 0.6 is 0 Å². The van der Waals surface area contributed by atoms with E-state index in [-0.39, 0.29) is 36.9 Å². The number of methoxy groups -OCH3 is 1. The zero-order chi connectivity index (χ0) is 27.4. The van der Waals surface area contributed by atoms with Gasteiger partial charge >= 0.3 is 0 Å². The highest BCUT2D eigenvalue weighted by molar-refractivity contribution is 7.91. The van der Waals surface area contributed by atoms with Gasteiger partial charge in [-0.2, -0.15) is 0 Å². The molecule has 13 heteroatoms. The highest BCUT2D eigenvalue weighted by Gasteiger charge is 2.37. The van der Waals surface area contributed by atoms with E-state index in [0.717, 1.165) is 5.56 Å². The molecule has 0 aliphatic carbocycles. The van der Waals surface area contributed by atoms with Crippen LogP contribution in [0, 0.1) is 6.92 Å². The number of sulfone groups is 1. The number of aryl methyl sites for hydroxylation is 1. The Morgan fingerprint density at radius 2 is 1.89 bits per heavy atom. The van der Waals surface area contributed by atoms with Crippen LogP contribution in [-0.2, 0) is 25.1 Å². The molecule has 0 unspecified atom stereocenters. The molecule has 0 N–H and O–H groups in total. The lowest BCUT2D eigenvalue weighted by molar-refractivity contribution is 0.00140. The summed E-state index contributed by atoms with van der Waals surface area (Å²) >= 11 is 0. The van der Waals surface area contributed by atoms with Gasteiger partial charge in [0.2, 0.25) is 0 Å². The summed E-state index contributed by atoms with van der Waals surface area (Å²) in [6, 6.07) is 1.37. The smallest absolute Gasteiger partial charge is 0.257 e. The van der Waals surface area contributed by atoms with Crippen molar-refractivity contribution in [1.29, 1.82) is 0 Å². The maximum absolute atomic E-state index is 13.8. The van der Waals surface area contributed by atoms with E-state index in [1.807, 2.05) is 27.7 Å². The summed E-state index contributed by atoms with van der Waals surface area (Å²) in [5.74, 6) is 1.45. The molecule has 0 aromatic carbocycles. The average molecular weight is 547 g/mol. The Morgan fingerprint density at radius 3 is 2.55 bits per heavy atom. The Kier molecular flexibility index (Phi) is 8.58. The first kappa shape index (κ1) is 27.9. The van der Waals surface area contributed by atoms with Crippen LogP contribution in [-0.4, -0.2) is 76.4 Å². The molecule has 12 nitrogen and oxygen atoms in total. The number of hydrogen-bond acceptors (Lipinski definition) is 11. The number of ether oxygens (including phenoxy) is 4. The van der Waals surface area contributed by atoms with Gasteiger partial charge in [-0.3, -0.25) is 0 Å². The number of nitrogens with zero attached hydrogens (tertiary/aromatic N) is 6. The molecule has 206 valence electrons. The highest BCUT2D eigenvalue weighted by Crippen LogP contribution is 2.40. The van der Waals surface area contributed by atoms with Crippen molar-refractivity contribution in [3.05, 3.63) is 41.9 Å². The number of hydrogen-bond donors (Lipinski definition) is 0. The molecule has 0 bridgehead atoms. The number of fused-ring (bicyclic) bond motifs is 3. The second-order valence-corrected chi connectivity index (χ2v) is 11.8. The van der Waals surface area contributed by atoms with Crippen molar-refractivity contribution in [3.63, 3.8) is 0 Å². The van der Waals surface area contributed by atoms with E-state index in [0.29, 0.717) is 35.4 Å². The van der Waals surface area contributed by atoms with Crippen LogP contribution < -0.4 is 9.47 Å². The topological polar surface area (TPSA) is 140 Å². The quantitative estimate of drug-likeness (QED) is 0.350. The van der Waals surface area contributed by atoms with Crippen molar-refractivity contribution in [2.45, 2.75) is 63.9 Å². The maximum atomic E-state index is 13.8. The van der Waals surface area contributed by atoms with E-state index >= 15 is 0 Å². The molecule has 1 aliphatic heterocycles. The molecule has 4 heterocycles. The molecule has 0 saturated heterocycles. The van der Waals surface area contributed by atoms with Gasteiger partial charge in [0, 0.05) is 25.7 Å². The molecule has 0 amide bonds. The van der Waals surface area contributed by atoms with Gasteiger partial charge in [-0.1, -0.05) is 0 Å². The fourth-order valence-electron chi connectivity index (χ4n) is 4.27. The van der Waals surface area contributed by atoms with Crippen LogP contribution in [0.5, 0.6) is 11.6 Å². The Hall–Kier alpha value is -3.16. The Balaban J connectivity index is 1.72.